The lowest BCUT2D eigenvalue weighted by Crippen LogP contribution is -2.30. The largest absolute Gasteiger partial charge is 0.403 e. The molecule has 0 saturated carbocycles. The Balaban J connectivity index is 2.60. The zero-order valence-corrected chi connectivity index (χ0v) is 10.7. The van der Waals surface area contributed by atoms with Crippen molar-refractivity contribution < 1.29 is 0 Å². The Morgan fingerprint density at radius 3 is 2.33 bits per heavy atom. The van der Waals surface area contributed by atoms with Gasteiger partial charge in [-0.3, -0.25) is 0 Å². The van der Waals surface area contributed by atoms with Gasteiger partial charge >= 0.3 is 0 Å². The average molecular weight is 215 g/mol. The van der Waals surface area contributed by atoms with E-state index in [0.29, 0.717) is 0 Å². The molecule has 2 aromatic rings. The Morgan fingerprint density at radius 2 is 1.60 bits per heavy atom. The van der Waals surface area contributed by atoms with Crippen LogP contribution < -0.4 is 4.57 Å². The first-order valence-corrected chi connectivity index (χ1v) is 8.23. The highest BCUT2D eigenvalue weighted by atomic mass is 28.3. The van der Waals surface area contributed by atoms with Crippen molar-refractivity contribution in [2.45, 2.75) is 13.1 Å². The number of rotatable bonds is 2. The first-order chi connectivity index (χ1) is 7.20. The van der Waals surface area contributed by atoms with Crippen molar-refractivity contribution in [1.29, 1.82) is 0 Å². The van der Waals surface area contributed by atoms with Crippen LogP contribution in [-0.2, 0) is 0 Å². The first-order valence-electron chi connectivity index (χ1n) is 5.41. The van der Waals surface area contributed by atoms with Crippen LogP contribution in [0.4, 0.5) is 5.69 Å². The lowest BCUT2D eigenvalue weighted by Gasteiger charge is -2.24. The second-order valence-corrected chi connectivity index (χ2v) is 7.17. The quantitative estimate of drug-likeness (QED) is 0.695. The number of hydrogen-bond donors (Lipinski definition) is 0. The maximum atomic E-state index is 2.45. The predicted molar refractivity (Wildman–Crippen MR) is 71.2 cm³/mol. The molecule has 2 rings (SSSR count). The van der Waals surface area contributed by atoms with Crippen LogP contribution in [0.1, 0.15) is 0 Å². The summed E-state index contributed by atoms with van der Waals surface area (Å²) in [4.78, 5) is 0. The third-order valence-electron chi connectivity index (χ3n) is 2.92. The minimum Gasteiger partial charge on any atom is -0.403 e. The summed E-state index contributed by atoms with van der Waals surface area (Å²) >= 11 is 0. The highest BCUT2D eigenvalue weighted by Gasteiger charge is 2.08. The van der Waals surface area contributed by atoms with Crippen molar-refractivity contribution in [1.82, 2.24) is 0 Å². The fourth-order valence-electron chi connectivity index (χ4n) is 1.79. The van der Waals surface area contributed by atoms with E-state index >= 15 is 0 Å². The van der Waals surface area contributed by atoms with Gasteiger partial charge in [-0.2, -0.15) is 0 Å². The predicted octanol–water partition coefficient (Wildman–Crippen LogP) is 3.26. The zero-order chi connectivity index (χ0) is 10.8. The molecular weight excluding hydrogens is 198 g/mol. The van der Waals surface area contributed by atoms with E-state index in [9.17, 15) is 0 Å². The standard InChI is InChI=1S/C13H17NSi/c1-14(15(2)3)13-10-6-8-11-7-4-5-9-12(11)13/h4-10,15H,1-3H3. The summed E-state index contributed by atoms with van der Waals surface area (Å²) in [7, 11) is 1.44. The van der Waals surface area contributed by atoms with Crippen LogP contribution in [0.2, 0.25) is 13.1 Å². The molecule has 0 heterocycles. The molecule has 0 aliphatic rings. The SMILES string of the molecule is CN(c1cccc2ccccc12)[SiH](C)C. The van der Waals surface area contributed by atoms with Crippen molar-refractivity contribution in [3.63, 3.8) is 0 Å². The van der Waals surface area contributed by atoms with E-state index in [4.69, 9.17) is 0 Å². The molecule has 0 aliphatic heterocycles. The van der Waals surface area contributed by atoms with Gasteiger partial charge < -0.3 is 4.57 Å². The van der Waals surface area contributed by atoms with Gasteiger partial charge in [-0.15, -0.1) is 0 Å². The minimum atomic E-state index is -0.766. The number of fused-ring (bicyclic) bond motifs is 1. The van der Waals surface area contributed by atoms with Gasteiger partial charge in [0.25, 0.3) is 0 Å². The second-order valence-electron chi connectivity index (χ2n) is 4.20. The summed E-state index contributed by atoms with van der Waals surface area (Å²) in [5, 5.41) is 2.69. The number of benzene rings is 2. The Kier molecular flexibility index (Phi) is 2.78. The number of hydrogen-bond acceptors (Lipinski definition) is 1. The van der Waals surface area contributed by atoms with Crippen LogP contribution in [0, 0.1) is 0 Å². The molecule has 0 aromatic heterocycles. The van der Waals surface area contributed by atoms with E-state index < -0.39 is 8.96 Å². The van der Waals surface area contributed by atoms with E-state index in [1.165, 1.54) is 16.5 Å². The molecule has 0 atom stereocenters. The zero-order valence-electron chi connectivity index (χ0n) is 9.57. The third-order valence-corrected chi connectivity index (χ3v) is 4.75. The summed E-state index contributed by atoms with van der Waals surface area (Å²) in [6.07, 6.45) is 0. The third kappa shape index (κ3) is 1.90. The van der Waals surface area contributed by atoms with Gasteiger partial charge in [0.2, 0.25) is 0 Å². The summed E-state index contributed by atoms with van der Waals surface area (Å²) < 4.78 is 2.45. The Labute approximate surface area is 93.0 Å². The number of nitrogens with zero attached hydrogens (tertiary/aromatic N) is 1. The molecule has 0 aliphatic carbocycles. The van der Waals surface area contributed by atoms with E-state index in [1.807, 2.05) is 0 Å². The molecule has 2 aromatic carbocycles. The van der Waals surface area contributed by atoms with Crippen molar-refractivity contribution >= 4 is 25.4 Å². The second kappa shape index (κ2) is 4.07. The van der Waals surface area contributed by atoms with Crippen LogP contribution in [0.25, 0.3) is 10.8 Å². The Bertz CT molecular complexity index is 460. The van der Waals surface area contributed by atoms with Gasteiger partial charge in [0.1, 0.15) is 8.96 Å². The van der Waals surface area contributed by atoms with E-state index in [0.717, 1.165) is 0 Å². The lowest BCUT2D eigenvalue weighted by molar-refractivity contribution is 1.31. The molecule has 0 amide bonds. The molecule has 2 heteroatoms. The van der Waals surface area contributed by atoms with Crippen LogP contribution in [-0.4, -0.2) is 16.0 Å². The summed E-state index contributed by atoms with van der Waals surface area (Å²) in [5.74, 6) is 0. The topological polar surface area (TPSA) is 3.24 Å². The molecule has 0 unspecified atom stereocenters. The van der Waals surface area contributed by atoms with Crippen LogP contribution in [0.5, 0.6) is 0 Å². The Morgan fingerprint density at radius 1 is 0.933 bits per heavy atom. The molecule has 0 N–H and O–H groups in total. The van der Waals surface area contributed by atoms with Crippen molar-refractivity contribution in [2.24, 2.45) is 0 Å². The molecular formula is C13H17NSi. The molecule has 0 bridgehead atoms. The normalized spacial score (nSPS) is 10.9. The van der Waals surface area contributed by atoms with E-state index in [1.54, 1.807) is 0 Å². The fourth-order valence-corrected chi connectivity index (χ4v) is 2.58. The maximum absolute atomic E-state index is 2.45. The highest BCUT2D eigenvalue weighted by molar-refractivity contribution is 6.60. The van der Waals surface area contributed by atoms with Crippen LogP contribution in [0.3, 0.4) is 0 Å². The van der Waals surface area contributed by atoms with Crippen molar-refractivity contribution in [2.75, 3.05) is 11.6 Å². The summed E-state index contributed by atoms with van der Waals surface area (Å²) in [6.45, 7) is 4.70. The average Bonchev–Trinajstić information content (AvgIpc) is 2.27. The molecule has 78 valence electrons. The van der Waals surface area contributed by atoms with Crippen LogP contribution in [0.15, 0.2) is 42.5 Å². The van der Waals surface area contributed by atoms with Gasteiger partial charge in [0.05, 0.1) is 0 Å². The van der Waals surface area contributed by atoms with Gasteiger partial charge in [-0.1, -0.05) is 49.5 Å². The molecule has 0 radical (unpaired) electrons. The van der Waals surface area contributed by atoms with Crippen molar-refractivity contribution in [3.8, 4) is 0 Å². The monoisotopic (exact) mass is 215 g/mol. The van der Waals surface area contributed by atoms with Crippen molar-refractivity contribution in [3.05, 3.63) is 42.5 Å². The van der Waals surface area contributed by atoms with E-state index in [-0.39, 0.29) is 0 Å². The number of anilines is 1. The smallest absolute Gasteiger partial charge is 0.134 e. The molecule has 15 heavy (non-hydrogen) atoms. The summed E-state index contributed by atoms with van der Waals surface area (Å²) in [5.41, 5.74) is 1.37. The summed E-state index contributed by atoms with van der Waals surface area (Å²) in [6, 6.07) is 15.1. The lowest BCUT2D eigenvalue weighted by atomic mass is 10.1. The van der Waals surface area contributed by atoms with Gasteiger partial charge in [0, 0.05) is 11.1 Å². The van der Waals surface area contributed by atoms with E-state index in [2.05, 4.69) is 67.2 Å². The minimum absolute atomic E-state index is 0.766. The molecule has 0 spiro atoms. The first kappa shape index (κ1) is 10.2. The molecule has 1 nitrogen and oxygen atoms in total. The van der Waals surface area contributed by atoms with Gasteiger partial charge in [-0.25, -0.2) is 0 Å². The van der Waals surface area contributed by atoms with Gasteiger partial charge in [0.15, 0.2) is 0 Å². The Hall–Kier alpha value is -1.28. The molecule has 0 fully saturated rings. The maximum Gasteiger partial charge on any atom is 0.134 e. The fraction of sp³-hybridized carbons (Fsp3) is 0.231. The highest BCUT2D eigenvalue weighted by Crippen LogP contribution is 2.26. The van der Waals surface area contributed by atoms with Crippen LogP contribution >= 0.6 is 0 Å². The molecule has 0 saturated heterocycles. The van der Waals surface area contributed by atoms with Gasteiger partial charge in [-0.05, 0) is 18.5 Å².